The molecule has 98 valence electrons. The van der Waals surface area contributed by atoms with Crippen LogP contribution in [0, 0.1) is 5.92 Å². The lowest BCUT2D eigenvalue weighted by Gasteiger charge is -2.32. The Hall–Kier alpha value is -1.01. The zero-order valence-electron chi connectivity index (χ0n) is 10.1. The van der Waals surface area contributed by atoms with Crippen molar-refractivity contribution in [3.63, 3.8) is 0 Å². The molecule has 0 bridgehead atoms. The van der Waals surface area contributed by atoms with Crippen molar-refractivity contribution in [2.45, 2.75) is 18.0 Å². The molecule has 1 amide bonds. The van der Waals surface area contributed by atoms with Gasteiger partial charge in [0.2, 0.25) is 5.91 Å². The Labute approximate surface area is 115 Å². The van der Waals surface area contributed by atoms with Gasteiger partial charge in [-0.15, -0.1) is 0 Å². The summed E-state index contributed by atoms with van der Waals surface area (Å²) in [6.45, 7) is 1.47. The zero-order valence-corrected chi connectivity index (χ0v) is 11.7. The number of rotatable bonds is 3. The van der Waals surface area contributed by atoms with E-state index in [1.165, 1.54) is 11.8 Å². The van der Waals surface area contributed by atoms with E-state index in [-0.39, 0.29) is 11.8 Å². The van der Waals surface area contributed by atoms with E-state index in [1.807, 2.05) is 11.2 Å². The summed E-state index contributed by atoms with van der Waals surface area (Å²) >= 11 is 7.41. The molecule has 0 radical (unpaired) electrons. The van der Waals surface area contributed by atoms with Gasteiger partial charge in [0.1, 0.15) is 11.0 Å². The van der Waals surface area contributed by atoms with Gasteiger partial charge in [-0.05, 0) is 19.1 Å². The van der Waals surface area contributed by atoms with Crippen LogP contribution in [-0.2, 0) is 4.79 Å². The molecule has 7 heteroatoms. The fourth-order valence-electron chi connectivity index (χ4n) is 2.06. The number of piperidine rings is 1. The Balaban J connectivity index is 2.20. The van der Waals surface area contributed by atoms with Crippen LogP contribution in [-0.4, -0.2) is 35.2 Å². The van der Waals surface area contributed by atoms with Gasteiger partial charge >= 0.3 is 0 Å². The van der Waals surface area contributed by atoms with E-state index in [4.69, 9.17) is 17.3 Å². The largest absolute Gasteiger partial charge is 0.369 e. The van der Waals surface area contributed by atoms with Crippen LogP contribution in [0.5, 0.6) is 0 Å². The maximum atomic E-state index is 11.3. The van der Waals surface area contributed by atoms with Crippen LogP contribution in [0.2, 0.25) is 5.15 Å². The predicted molar refractivity (Wildman–Crippen MR) is 73.0 cm³/mol. The first-order valence-electron chi connectivity index (χ1n) is 5.73. The standard InChI is InChI=1S/C11H15ClN4OS/c1-18-11-14-8(12)5-9(15-11)16-4-2-3-7(6-16)10(13)17/h5,7H,2-4,6H2,1H3,(H2,13,17). The van der Waals surface area contributed by atoms with Crippen molar-refractivity contribution in [2.75, 3.05) is 24.2 Å². The van der Waals surface area contributed by atoms with Crippen LogP contribution < -0.4 is 10.6 Å². The maximum absolute atomic E-state index is 11.3. The van der Waals surface area contributed by atoms with Crippen LogP contribution in [0.3, 0.4) is 0 Å². The number of hydrogen-bond acceptors (Lipinski definition) is 5. The Bertz CT molecular complexity index is 457. The van der Waals surface area contributed by atoms with E-state index in [2.05, 4.69) is 9.97 Å². The predicted octanol–water partition coefficient (Wildman–Crippen LogP) is 1.55. The average Bonchev–Trinajstić information content (AvgIpc) is 2.38. The van der Waals surface area contributed by atoms with Gasteiger partial charge in [-0.25, -0.2) is 9.97 Å². The molecule has 1 aromatic rings. The molecule has 1 saturated heterocycles. The topological polar surface area (TPSA) is 72.1 Å². The number of carbonyl (C=O) groups excluding carboxylic acids is 1. The quantitative estimate of drug-likeness (QED) is 0.519. The van der Waals surface area contributed by atoms with Crippen LogP contribution in [0.4, 0.5) is 5.82 Å². The van der Waals surface area contributed by atoms with Gasteiger partial charge in [-0.3, -0.25) is 4.79 Å². The van der Waals surface area contributed by atoms with Crippen molar-refractivity contribution in [3.8, 4) is 0 Å². The molecule has 18 heavy (non-hydrogen) atoms. The van der Waals surface area contributed by atoms with Crippen molar-refractivity contribution in [2.24, 2.45) is 11.7 Å². The minimum absolute atomic E-state index is 0.106. The number of nitrogens with two attached hydrogens (primary N) is 1. The number of thioether (sulfide) groups is 1. The van der Waals surface area contributed by atoms with Gasteiger partial charge in [0.05, 0.1) is 5.92 Å². The first-order chi connectivity index (χ1) is 8.60. The Morgan fingerprint density at radius 2 is 2.39 bits per heavy atom. The Morgan fingerprint density at radius 1 is 1.61 bits per heavy atom. The smallest absolute Gasteiger partial charge is 0.222 e. The second-order valence-electron chi connectivity index (χ2n) is 4.22. The van der Waals surface area contributed by atoms with Gasteiger partial charge < -0.3 is 10.6 Å². The first-order valence-corrected chi connectivity index (χ1v) is 7.33. The fraction of sp³-hybridized carbons (Fsp3) is 0.545. The van der Waals surface area contributed by atoms with E-state index in [0.717, 1.165) is 25.2 Å². The summed E-state index contributed by atoms with van der Waals surface area (Å²) in [6.07, 6.45) is 3.68. The van der Waals surface area contributed by atoms with Crippen LogP contribution in [0.1, 0.15) is 12.8 Å². The molecule has 1 aromatic heterocycles. The molecule has 1 atom stereocenters. The third kappa shape index (κ3) is 3.05. The SMILES string of the molecule is CSc1nc(Cl)cc(N2CCCC(C(N)=O)C2)n1. The van der Waals surface area contributed by atoms with Gasteiger partial charge in [0, 0.05) is 19.2 Å². The number of hydrogen-bond donors (Lipinski definition) is 1. The normalized spacial score (nSPS) is 19.9. The lowest BCUT2D eigenvalue weighted by molar-refractivity contribution is -0.122. The van der Waals surface area contributed by atoms with E-state index in [0.29, 0.717) is 16.9 Å². The van der Waals surface area contributed by atoms with Crippen molar-refractivity contribution >= 4 is 35.1 Å². The maximum Gasteiger partial charge on any atom is 0.222 e. The van der Waals surface area contributed by atoms with Crippen LogP contribution in [0.15, 0.2) is 11.2 Å². The number of amides is 1. The lowest BCUT2D eigenvalue weighted by Crippen LogP contribution is -2.41. The second kappa shape index (κ2) is 5.75. The van der Waals surface area contributed by atoms with E-state index in [1.54, 1.807) is 6.07 Å². The monoisotopic (exact) mass is 286 g/mol. The zero-order chi connectivity index (χ0) is 13.1. The van der Waals surface area contributed by atoms with Gasteiger partial charge in [0.25, 0.3) is 0 Å². The first kappa shape index (κ1) is 13.4. The highest BCUT2D eigenvalue weighted by atomic mass is 35.5. The summed E-state index contributed by atoms with van der Waals surface area (Å²) < 4.78 is 0. The minimum atomic E-state index is -0.245. The molecule has 2 rings (SSSR count). The summed E-state index contributed by atoms with van der Waals surface area (Å²) in [5, 5.41) is 1.06. The minimum Gasteiger partial charge on any atom is -0.369 e. The number of carbonyl (C=O) groups is 1. The summed E-state index contributed by atoms with van der Waals surface area (Å²) in [6, 6.07) is 1.73. The molecular formula is C11H15ClN4OS. The van der Waals surface area contributed by atoms with Crippen molar-refractivity contribution in [1.82, 2.24) is 9.97 Å². The van der Waals surface area contributed by atoms with Crippen molar-refractivity contribution in [3.05, 3.63) is 11.2 Å². The van der Waals surface area contributed by atoms with Crippen molar-refractivity contribution in [1.29, 1.82) is 0 Å². The highest BCUT2D eigenvalue weighted by Crippen LogP contribution is 2.25. The second-order valence-corrected chi connectivity index (χ2v) is 5.38. The number of nitrogens with zero attached hydrogens (tertiary/aromatic N) is 3. The van der Waals surface area contributed by atoms with Gasteiger partial charge in [-0.1, -0.05) is 23.4 Å². The lowest BCUT2D eigenvalue weighted by atomic mass is 9.97. The average molecular weight is 287 g/mol. The molecular weight excluding hydrogens is 272 g/mol. The molecule has 2 N–H and O–H groups in total. The number of anilines is 1. The summed E-state index contributed by atoms with van der Waals surface area (Å²) in [4.78, 5) is 21.8. The molecule has 1 aliphatic heterocycles. The number of primary amides is 1. The molecule has 5 nitrogen and oxygen atoms in total. The van der Waals surface area contributed by atoms with E-state index < -0.39 is 0 Å². The molecule has 1 unspecified atom stereocenters. The fourth-order valence-corrected chi connectivity index (χ4v) is 2.66. The Morgan fingerprint density at radius 3 is 3.06 bits per heavy atom. The molecule has 2 heterocycles. The molecule has 0 aliphatic carbocycles. The Kier molecular flexibility index (Phi) is 4.29. The highest BCUT2D eigenvalue weighted by Gasteiger charge is 2.25. The summed E-state index contributed by atoms with van der Waals surface area (Å²) in [5.41, 5.74) is 5.36. The third-order valence-corrected chi connectivity index (χ3v) is 3.73. The van der Waals surface area contributed by atoms with Crippen LogP contribution in [0.25, 0.3) is 0 Å². The summed E-state index contributed by atoms with van der Waals surface area (Å²) in [7, 11) is 0. The molecule has 0 saturated carbocycles. The number of halogens is 1. The van der Waals surface area contributed by atoms with Gasteiger partial charge in [-0.2, -0.15) is 0 Å². The third-order valence-electron chi connectivity index (χ3n) is 2.99. The van der Waals surface area contributed by atoms with Gasteiger partial charge in [0.15, 0.2) is 5.16 Å². The summed E-state index contributed by atoms with van der Waals surface area (Å²) in [5.74, 6) is 0.417. The molecule has 1 aliphatic rings. The molecule has 0 spiro atoms. The number of aromatic nitrogens is 2. The van der Waals surface area contributed by atoms with Crippen molar-refractivity contribution < 1.29 is 4.79 Å². The molecule has 0 aromatic carbocycles. The van der Waals surface area contributed by atoms with Crippen LogP contribution >= 0.6 is 23.4 Å². The van der Waals surface area contributed by atoms with E-state index in [9.17, 15) is 4.79 Å². The van der Waals surface area contributed by atoms with E-state index >= 15 is 0 Å². The molecule has 1 fully saturated rings. The highest BCUT2D eigenvalue weighted by molar-refractivity contribution is 7.98.